The summed E-state index contributed by atoms with van der Waals surface area (Å²) >= 11 is 0. The summed E-state index contributed by atoms with van der Waals surface area (Å²) in [5.41, 5.74) is 4.50. The van der Waals surface area contributed by atoms with Crippen molar-refractivity contribution >= 4 is 17.1 Å². The first kappa shape index (κ1) is 12.4. The molecule has 4 heteroatoms. The number of carbonyl (C=O) groups is 1. The van der Waals surface area contributed by atoms with Crippen LogP contribution in [0.5, 0.6) is 0 Å². The summed E-state index contributed by atoms with van der Waals surface area (Å²) < 4.78 is 5.68. The lowest BCUT2D eigenvalue weighted by Crippen LogP contribution is -1.94. The van der Waals surface area contributed by atoms with Crippen LogP contribution in [0.2, 0.25) is 0 Å². The molecule has 1 aromatic heterocycles. The number of aromatic nitrogens is 1. The third-order valence-electron chi connectivity index (χ3n) is 3.10. The Hall–Kier alpha value is -2.62. The maximum absolute atomic E-state index is 10.9. The summed E-state index contributed by atoms with van der Waals surface area (Å²) in [6.45, 7) is 4.03. The van der Waals surface area contributed by atoms with Gasteiger partial charge in [0.1, 0.15) is 5.52 Å². The van der Waals surface area contributed by atoms with E-state index in [-0.39, 0.29) is 5.56 Å². The standard InChI is InChI=1S/C16H13NO3/c1-9-5-10(2)7-12(6-9)15-17-13-4-3-11(16(18)19)8-14(13)20-15/h3-8H,1-2H3,(H,18,19). The van der Waals surface area contributed by atoms with Crippen LogP contribution in [0.4, 0.5) is 0 Å². The summed E-state index contributed by atoms with van der Waals surface area (Å²) in [6.07, 6.45) is 0. The number of fused-ring (bicyclic) bond motifs is 1. The van der Waals surface area contributed by atoms with Gasteiger partial charge in [0.05, 0.1) is 5.56 Å². The molecule has 0 amide bonds. The zero-order valence-corrected chi connectivity index (χ0v) is 11.2. The summed E-state index contributed by atoms with van der Waals surface area (Å²) in [5.74, 6) is -0.467. The zero-order valence-electron chi connectivity index (χ0n) is 11.2. The van der Waals surface area contributed by atoms with Crippen molar-refractivity contribution in [1.82, 2.24) is 4.98 Å². The fraction of sp³-hybridized carbons (Fsp3) is 0.125. The lowest BCUT2D eigenvalue weighted by atomic mass is 10.1. The molecular formula is C16H13NO3. The summed E-state index contributed by atoms with van der Waals surface area (Å²) in [4.78, 5) is 15.4. The quantitative estimate of drug-likeness (QED) is 0.766. The van der Waals surface area contributed by atoms with Gasteiger partial charge < -0.3 is 9.52 Å². The van der Waals surface area contributed by atoms with Crippen LogP contribution in [0.25, 0.3) is 22.6 Å². The Bertz CT molecular complexity index is 797. The molecule has 0 aliphatic carbocycles. The molecule has 1 N–H and O–H groups in total. The molecule has 0 saturated carbocycles. The van der Waals surface area contributed by atoms with E-state index in [1.54, 1.807) is 6.07 Å². The Morgan fingerprint density at radius 3 is 2.45 bits per heavy atom. The van der Waals surface area contributed by atoms with Crippen molar-refractivity contribution in [2.24, 2.45) is 0 Å². The van der Waals surface area contributed by atoms with Crippen molar-refractivity contribution in [3.8, 4) is 11.5 Å². The van der Waals surface area contributed by atoms with Crippen LogP contribution in [0.1, 0.15) is 21.5 Å². The van der Waals surface area contributed by atoms with E-state index in [1.807, 2.05) is 26.0 Å². The monoisotopic (exact) mass is 267 g/mol. The molecule has 3 aromatic rings. The molecule has 0 unspecified atom stereocenters. The molecule has 3 rings (SSSR count). The smallest absolute Gasteiger partial charge is 0.335 e. The Morgan fingerprint density at radius 1 is 1.10 bits per heavy atom. The van der Waals surface area contributed by atoms with Crippen molar-refractivity contribution in [2.75, 3.05) is 0 Å². The van der Waals surface area contributed by atoms with E-state index in [0.717, 1.165) is 16.7 Å². The van der Waals surface area contributed by atoms with Gasteiger partial charge in [-0.25, -0.2) is 9.78 Å². The van der Waals surface area contributed by atoms with E-state index in [0.29, 0.717) is 17.0 Å². The largest absolute Gasteiger partial charge is 0.478 e. The maximum Gasteiger partial charge on any atom is 0.335 e. The molecule has 0 spiro atoms. The number of aromatic carboxylic acids is 1. The van der Waals surface area contributed by atoms with Crippen LogP contribution < -0.4 is 0 Å². The molecule has 0 radical (unpaired) electrons. The number of hydrogen-bond acceptors (Lipinski definition) is 3. The second-order valence-corrected chi connectivity index (χ2v) is 4.88. The van der Waals surface area contributed by atoms with Gasteiger partial charge in [0, 0.05) is 5.56 Å². The van der Waals surface area contributed by atoms with Gasteiger partial charge in [-0.1, -0.05) is 17.2 Å². The Kier molecular flexibility index (Phi) is 2.79. The highest BCUT2D eigenvalue weighted by Gasteiger charge is 2.11. The van der Waals surface area contributed by atoms with E-state index < -0.39 is 5.97 Å². The average molecular weight is 267 g/mol. The molecule has 0 aliphatic heterocycles. The molecule has 0 fully saturated rings. The molecular weight excluding hydrogens is 254 g/mol. The first-order valence-corrected chi connectivity index (χ1v) is 6.25. The second kappa shape index (κ2) is 4.49. The number of nitrogens with zero attached hydrogens (tertiary/aromatic N) is 1. The first-order chi connectivity index (χ1) is 9.52. The molecule has 0 saturated heterocycles. The van der Waals surface area contributed by atoms with Crippen LogP contribution in [-0.2, 0) is 0 Å². The molecule has 100 valence electrons. The summed E-state index contributed by atoms with van der Waals surface area (Å²) in [6, 6.07) is 10.8. The number of aryl methyl sites for hydroxylation is 2. The van der Waals surface area contributed by atoms with Gasteiger partial charge in [0.25, 0.3) is 0 Å². The Labute approximate surface area is 115 Å². The maximum atomic E-state index is 10.9. The second-order valence-electron chi connectivity index (χ2n) is 4.88. The molecule has 0 atom stereocenters. The van der Waals surface area contributed by atoms with E-state index in [4.69, 9.17) is 9.52 Å². The number of benzene rings is 2. The van der Waals surface area contributed by atoms with E-state index in [1.165, 1.54) is 12.1 Å². The van der Waals surface area contributed by atoms with Gasteiger partial charge in [-0.15, -0.1) is 0 Å². The molecule has 4 nitrogen and oxygen atoms in total. The number of carboxylic acid groups (broad SMARTS) is 1. The van der Waals surface area contributed by atoms with Crippen molar-refractivity contribution in [3.05, 3.63) is 53.1 Å². The normalized spacial score (nSPS) is 10.9. The third kappa shape index (κ3) is 2.16. The fourth-order valence-electron chi connectivity index (χ4n) is 2.28. The number of hydrogen-bond donors (Lipinski definition) is 1. The van der Waals surface area contributed by atoms with E-state index >= 15 is 0 Å². The zero-order chi connectivity index (χ0) is 14.3. The molecule has 2 aromatic carbocycles. The Morgan fingerprint density at radius 2 is 1.80 bits per heavy atom. The lowest BCUT2D eigenvalue weighted by Gasteiger charge is -2.00. The highest BCUT2D eigenvalue weighted by molar-refractivity contribution is 5.92. The fourth-order valence-corrected chi connectivity index (χ4v) is 2.28. The van der Waals surface area contributed by atoms with Crippen LogP contribution in [0.3, 0.4) is 0 Å². The highest BCUT2D eigenvalue weighted by atomic mass is 16.4. The van der Waals surface area contributed by atoms with Crippen molar-refractivity contribution in [1.29, 1.82) is 0 Å². The van der Waals surface area contributed by atoms with Crippen molar-refractivity contribution in [2.45, 2.75) is 13.8 Å². The highest BCUT2D eigenvalue weighted by Crippen LogP contribution is 2.26. The predicted octanol–water partition coefficient (Wildman–Crippen LogP) is 3.81. The van der Waals surface area contributed by atoms with Crippen molar-refractivity contribution < 1.29 is 14.3 Å². The average Bonchev–Trinajstić information content (AvgIpc) is 2.80. The minimum atomic E-state index is -0.976. The first-order valence-electron chi connectivity index (χ1n) is 6.25. The summed E-state index contributed by atoms with van der Waals surface area (Å²) in [7, 11) is 0. The van der Waals surface area contributed by atoms with Crippen LogP contribution >= 0.6 is 0 Å². The van der Waals surface area contributed by atoms with Gasteiger partial charge in [-0.3, -0.25) is 0 Å². The number of carboxylic acids is 1. The van der Waals surface area contributed by atoms with E-state index in [9.17, 15) is 4.79 Å². The lowest BCUT2D eigenvalue weighted by molar-refractivity contribution is 0.0697. The van der Waals surface area contributed by atoms with Gasteiger partial charge in [0.15, 0.2) is 5.58 Å². The molecule has 1 heterocycles. The van der Waals surface area contributed by atoms with Gasteiger partial charge in [0.2, 0.25) is 5.89 Å². The minimum absolute atomic E-state index is 0.195. The minimum Gasteiger partial charge on any atom is -0.478 e. The van der Waals surface area contributed by atoms with Gasteiger partial charge in [-0.05, 0) is 44.2 Å². The number of rotatable bonds is 2. The Balaban J connectivity index is 2.15. The van der Waals surface area contributed by atoms with Crippen LogP contribution in [-0.4, -0.2) is 16.1 Å². The molecule has 0 bridgehead atoms. The SMILES string of the molecule is Cc1cc(C)cc(-c2nc3ccc(C(=O)O)cc3o2)c1. The van der Waals surface area contributed by atoms with Crippen LogP contribution in [0, 0.1) is 13.8 Å². The topological polar surface area (TPSA) is 63.3 Å². The molecule has 0 aliphatic rings. The predicted molar refractivity (Wildman–Crippen MR) is 75.9 cm³/mol. The third-order valence-corrected chi connectivity index (χ3v) is 3.10. The molecule has 20 heavy (non-hydrogen) atoms. The number of oxazole rings is 1. The van der Waals surface area contributed by atoms with Crippen LogP contribution in [0.15, 0.2) is 40.8 Å². The van der Waals surface area contributed by atoms with E-state index in [2.05, 4.69) is 11.1 Å². The van der Waals surface area contributed by atoms with Gasteiger partial charge >= 0.3 is 5.97 Å². The van der Waals surface area contributed by atoms with Crippen molar-refractivity contribution in [3.63, 3.8) is 0 Å². The van der Waals surface area contributed by atoms with Gasteiger partial charge in [-0.2, -0.15) is 0 Å². The summed E-state index contributed by atoms with van der Waals surface area (Å²) in [5, 5.41) is 8.98.